The summed E-state index contributed by atoms with van der Waals surface area (Å²) in [6.45, 7) is 5.83. The largest absolute Gasteiger partial charge is 0.391 e. The average Bonchev–Trinajstić information content (AvgIpc) is 2.17. The lowest BCUT2D eigenvalue weighted by molar-refractivity contribution is -0.0415. The molecule has 4 nitrogen and oxygen atoms in total. The third-order valence-corrected chi connectivity index (χ3v) is 2.63. The van der Waals surface area contributed by atoms with E-state index in [1.807, 2.05) is 13.8 Å². The summed E-state index contributed by atoms with van der Waals surface area (Å²) in [5, 5.41) is 31.9. The Morgan fingerprint density at radius 2 is 1.60 bits per heavy atom. The Balaban J connectivity index is 4.42. The Morgan fingerprint density at radius 3 is 1.93 bits per heavy atom. The van der Waals surface area contributed by atoms with Gasteiger partial charge in [0.25, 0.3) is 0 Å². The molecule has 0 aliphatic heterocycles. The molecule has 0 fully saturated rings. The molecule has 0 saturated carbocycles. The van der Waals surface area contributed by atoms with Crippen LogP contribution in [0.15, 0.2) is 0 Å². The topological polar surface area (TPSA) is 72.7 Å². The molecule has 0 aromatic rings. The van der Waals surface area contributed by atoms with E-state index in [1.54, 1.807) is 0 Å². The Morgan fingerprint density at radius 1 is 1.07 bits per heavy atom. The number of rotatable bonds is 7. The van der Waals surface area contributed by atoms with Crippen molar-refractivity contribution in [2.75, 3.05) is 12.3 Å². The predicted octanol–water partition coefficient (Wildman–Crippen LogP) is -0.367. The molecule has 0 amide bonds. The van der Waals surface area contributed by atoms with Gasteiger partial charge in [0, 0.05) is 12.3 Å². The lowest BCUT2D eigenvalue weighted by atomic mass is 9.93. The van der Waals surface area contributed by atoms with Gasteiger partial charge in [-0.1, -0.05) is 13.8 Å². The molecular weight excluding hydrogens is 214 g/mol. The van der Waals surface area contributed by atoms with Gasteiger partial charge in [-0.05, 0) is 12.8 Å². The third kappa shape index (κ3) is 5.17. The highest BCUT2D eigenvalue weighted by atomic mass is 32.1. The van der Waals surface area contributed by atoms with Crippen LogP contribution in [0.3, 0.4) is 0 Å². The molecule has 92 valence electrons. The molecule has 0 aliphatic rings. The number of hydrogen-bond donors (Lipinski definition) is 5. The van der Waals surface area contributed by atoms with E-state index >= 15 is 0 Å². The lowest BCUT2D eigenvalue weighted by Crippen LogP contribution is -2.54. The van der Waals surface area contributed by atoms with Crippen molar-refractivity contribution in [3.63, 3.8) is 0 Å². The SMILES string of the molecule is CC(C)[C@H](O)C(NCCS)[C@@H](O)[C@@H](C)O. The highest BCUT2D eigenvalue weighted by Crippen LogP contribution is 2.12. The van der Waals surface area contributed by atoms with Gasteiger partial charge in [-0.3, -0.25) is 0 Å². The van der Waals surface area contributed by atoms with E-state index in [0.29, 0.717) is 12.3 Å². The van der Waals surface area contributed by atoms with Crippen LogP contribution in [-0.2, 0) is 0 Å². The first-order chi connectivity index (χ1) is 6.91. The molecule has 0 spiro atoms. The number of hydrogen-bond acceptors (Lipinski definition) is 5. The second-order valence-corrected chi connectivity index (χ2v) is 4.62. The highest BCUT2D eigenvalue weighted by molar-refractivity contribution is 7.80. The maximum atomic E-state index is 9.87. The summed E-state index contributed by atoms with van der Waals surface area (Å²) in [6.07, 6.45) is -2.52. The van der Waals surface area contributed by atoms with Crippen LogP contribution in [0.25, 0.3) is 0 Å². The van der Waals surface area contributed by atoms with Crippen molar-refractivity contribution in [2.45, 2.75) is 45.1 Å². The fourth-order valence-electron chi connectivity index (χ4n) is 1.39. The third-order valence-electron chi connectivity index (χ3n) is 2.41. The van der Waals surface area contributed by atoms with E-state index in [4.69, 9.17) is 0 Å². The van der Waals surface area contributed by atoms with E-state index < -0.39 is 24.4 Å². The van der Waals surface area contributed by atoms with Gasteiger partial charge in [0.05, 0.1) is 24.4 Å². The maximum absolute atomic E-state index is 9.87. The Bertz CT molecular complexity index is 153. The molecular formula is C10H23NO3S. The normalized spacial score (nSPS) is 20.0. The Labute approximate surface area is 97.1 Å². The molecule has 0 saturated heterocycles. The molecule has 0 rings (SSSR count). The number of aliphatic hydroxyl groups is 3. The summed E-state index contributed by atoms with van der Waals surface area (Å²) in [4.78, 5) is 0. The molecule has 0 radical (unpaired) electrons. The zero-order chi connectivity index (χ0) is 12.0. The van der Waals surface area contributed by atoms with Gasteiger partial charge >= 0.3 is 0 Å². The fourth-order valence-corrected chi connectivity index (χ4v) is 1.52. The van der Waals surface area contributed by atoms with Crippen LogP contribution in [0.2, 0.25) is 0 Å². The summed E-state index contributed by atoms with van der Waals surface area (Å²) in [6, 6.07) is -0.517. The minimum atomic E-state index is -0.970. The van der Waals surface area contributed by atoms with Crippen molar-refractivity contribution >= 4 is 12.6 Å². The molecule has 4 N–H and O–H groups in total. The second kappa shape index (κ2) is 7.46. The molecule has 5 heteroatoms. The van der Waals surface area contributed by atoms with Crippen LogP contribution in [-0.4, -0.2) is 52.0 Å². The summed E-state index contributed by atoms with van der Waals surface area (Å²) in [5.74, 6) is 0.643. The van der Waals surface area contributed by atoms with Crippen LogP contribution < -0.4 is 5.32 Å². The molecule has 0 bridgehead atoms. The maximum Gasteiger partial charge on any atom is 0.0974 e. The predicted molar refractivity (Wildman–Crippen MR) is 64.2 cm³/mol. The molecule has 0 aliphatic carbocycles. The number of aliphatic hydroxyl groups excluding tert-OH is 3. The lowest BCUT2D eigenvalue weighted by Gasteiger charge is -2.32. The number of nitrogens with one attached hydrogen (secondary N) is 1. The molecule has 15 heavy (non-hydrogen) atoms. The van der Waals surface area contributed by atoms with Gasteiger partial charge in [-0.15, -0.1) is 0 Å². The van der Waals surface area contributed by atoms with Gasteiger partial charge in [0.2, 0.25) is 0 Å². The number of thiol groups is 1. The van der Waals surface area contributed by atoms with Gasteiger partial charge in [0.15, 0.2) is 0 Å². The van der Waals surface area contributed by atoms with Crippen molar-refractivity contribution < 1.29 is 15.3 Å². The van der Waals surface area contributed by atoms with Crippen LogP contribution >= 0.6 is 12.6 Å². The highest BCUT2D eigenvalue weighted by Gasteiger charge is 2.30. The average molecular weight is 237 g/mol. The minimum absolute atomic E-state index is 0.0239. The van der Waals surface area contributed by atoms with E-state index in [2.05, 4.69) is 17.9 Å². The first kappa shape index (κ1) is 15.2. The van der Waals surface area contributed by atoms with E-state index in [9.17, 15) is 15.3 Å². The van der Waals surface area contributed by atoms with Gasteiger partial charge in [-0.2, -0.15) is 12.6 Å². The standard InChI is InChI=1S/C10H23NO3S/c1-6(2)9(13)8(11-4-5-15)10(14)7(3)12/h6-15H,4-5H2,1-3H3/t7-,8?,9+,10+/m1/s1. The van der Waals surface area contributed by atoms with Crippen LogP contribution in [0, 0.1) is 5.92 Å². The first-order valence-electron chi connectivity index (χ1n) is 5.30. The van der Waals surface area contributed by atoms with Gasteiger partial charge in [-0.25, -0.2) is 0 Å². The quantitative estimate of drug-likeness (QED) is 0.392. The van der Waals surface area contributed by atoms with Crippen molar-refractivity contribution in [2.24, 2.45) is 5.92 Å². The van der Waals surface area contributed by atoms with Crippen molar-refractivity contribution in [1.82, 2.24) is 5.32 Å². The summed E-state index contributed by atoms with van der Waals surface area (Å²) in [5.41, 5.74) is 0. The van der Waals surface area contributed by atoms with Gasteiger partial charge < -0.3 is 20.6 Å². The van der Waals surface area contributed by atoms with E-state index in [-0.39, 0.29) is 5.92 Å². The summed E-state index contributed by atoms with van der Waals surface area (Å²) < 4.78 is 0. The Hall–Kier alpha value is 0.190. The van der Waals surface area contributed by atoms with Crippen molar-refractivity contribution in [3.05, 3.63) is 0 Å². The minimum Gasteiger partial charge on any atom is -0.391 e. The molecule has 4 atom stereocenters. The molecule has 0 aromatic heterocycles. The summed E-state index contributed by atoms with van der Waals surface area (Å²) >= 11 is 4.05. The van der Waals surface area contributed by atoms with Crippen LogP contribution in [0.5, 0.6) is 0 Å². The zero-order valence-corrected chi connectivity index (χ0v) is 10.5. The fraction of sp³-hybridized carbons (Fsp3) is 1.00. The van der Waals surface area contributed by atoms with Crippen LogP contribution in [0.1, 0.15) is 20.8 Å². The smallest absolute Gasteiger partial charge is 0.0974 e. The molecule has 0 aromatic carbocycles. The van der Waals surface area contributed by atoms with E-state index in [0.717, 1.165) is 0 Å². The van der Waals surface area contributed by atoms with E-state index in [1.165, 1.54) is 6.92 Å². The second-order valence-electron chi connectivity index (χ2n) is 4.17. The molecule has 1 unspecified atom stereocenters. The first-order valence-corrected chi connectivity index (χ1v) is 5.93. The zero-order valence-electron chi connectivity index (χ0n) is 9.59. The van der Waals surface area contributed by atoms with Crippen LogP contribution in [0.4, 0.5) is 0 Å². The van der Waals surface area contributed by atoms with Crippen molar-refractivity contribution in [3.8, 4) is 0 Å². The van der Waals surface area contributed by atoms with Gasteiger partial charge in [0.1, 0.15) is 0 Å². The summed E-state index contributed by atoms with van der Waals surface area (Å²) in [7, 11) is 0. The van der Waals surface area contributed by atoms with Crippen molar-refractivity contribution in [1.29, 1.82) is 0 Å². The monoisotopic (exact) mass is 237 g/mol. The Kier molecular flexibility index (Phi) is 7.56. The molecule has 0 heterocycles.